The monoisotopic (exact) mass is 463 g/mol. The van der Waals surface area contributed by atoms with E-state index in [2.05, 4.69) is 15.4 Å². The van der Waals surface area contributed by atoms with E-state index in [0.29, 0.717) is 15.8 Å². The van der Waals surface area contributed by atoms with Crippen LogP contribution in [-0.4, -0.2) is 25.1 Å². The van der Waals surface area contributed by atoms with Crippen molar-refractivity contribution in [3.8, 4) is 16.8 Å². The number of para-hydroxylation sites is 2. The Morgan fingerprint density at radius 2 is 1.62 bits per heavy atom. The summed E-state index contributed by atoms with van der Waals surface area (Å²) in [5, 5.41) is 2.40. The molecule has 1 N–H and O–H groups in total. The molecule has 7 nitrogen and oxygen atoms in total. The zero-order valence-corrected chi connectivity index (χ0v) is 18.6. The number of carbonyl (C=O) groups excluding carboxylic acids is 1. The van der Waals surface area contributed by atoms with Gasteiger partial charge in [-0.2, -0.15) is 0 Å². The number of rotatable bonds is 4. The van der Waals surface area contributed by atoms with Crippen LogP contribution in [0.1, 0.15) is 10.4 Å². The molecule has 0 saturated heterocycles. The van der Waals surface area contributed by atoms with Crippen molar-refractivity contribution < 1.29 is 4.79 Å². The molecule has 6 rings (SSSR count). The fourth-order valence-corrected chi connectivity index (χ4v) is 4.86. The Hall–Kier alpha value is -4.56. The minimum Gasteiger partial charge on any atom is -0.299 e. The molecule has 0 aliphatic heterocycles. The first-order valence-electron chi connectivity index (χ1n) is 10.6. The molecular weight excluding hydrogens is 446 g/mol. The summed E-state index contributed by atoms with van der Waals surface area (Å²) >= 11 is 1.40. The van der Waals surface area contributed by atoms with Gasteiger partial charge in [-0.3, -0.25) is 19.6 Å². The van der Waals surface area contributed by atoms with Crippen molar-refractivity contribution in [3.05, 3.63) is 113 Å². The number of hydrogen-bond acceptors (Lipinski definition) is 5. The van der Waals surface area contributed by atoms with E-state index in [1.165, 1.54) is 17.7 Å². The highest BCUT2D eigenvalue weighted by Crippen LogP contribution is 2.30. The van der Waals surface area contributed by atoms with Crippen molar-refractivity contribution in [1.82, 2.24) is 19.2 Å². The Labute approximate surface area is 197 Å². The number of carbonyl (C=O) groups is 1. The van der Waals surface area contributed by atoms with Crippen LogP contribution in [0.4, 0.5) is 0 Å². The molecule has 164 valence electrons. The molecule has 34 heavy (non-hydrogen) atoms. The first-order valence-corrected chi connectivity index (χ1v) is 11.5. The second kappa shape index (κ2) is 8.09. The summed E-state index contributed by atoms with van der Waals surface area (Å²) in [4.78, 5) is 35.5. The summed E-state index contributed by atoms with van der Waals surface area (Å²) in [5.41, 5.74) is 7.26. The summed E-state index contributed by atoms with van der Waals surface area (Å²) in [6.07, 6.45) is 3.10. The van der Waals surface area contributed by atoms with Crippen molar-refractivity contribution in [2.75, 3.05) is 5.43 Å². The zero-order chi connectivity index (χ0) is 23.1. The van der Waals surface area contributed by atoms with Crippen molar-refractivity contribution in [2.24, 2.45) is 0 Å². The van der Waals surface area contributed by atoms with Crippen LogP contribution in [0.3, 0.4) is 0 Å². The van der Waals surface area contributed by atoms with Gasteiger partial charge in [0.2, 0.25) is 0 Å². The van der Waals surface area contributed by atoms with Gasteiger partial charge in [0.1, 0.15) is 17.5 Å². The van der Waals surface area contributed by atoms with Crippen molar-refractivity contribution >= 4 is 38.5 Å². The van der Waals surface area contributed by atoms with Crippen LogP contribution in [0.5, 0.6) is 0 Å². The quantitative estimate of drug-likeness (QED) is 0.405. The SMILES string of the molecule is O=C(Nn1cnc2scc(-c3ccccc3)c2c1=O)c1ccc(-n2cnc3ccccc32)cc1. The Morgan fingerprint density at radius 1 is 0.853 bits per heavy atom. The number of hydrogen-bond donors (Lipinski definition) is 1. The minimum absolute atomic E-state index is 0.319. The molecule has 6 aromatic rings. The molecule has 0 spiro atoms. The topological polar surface area (TPSA) is 81.8 Å². The van der Waals surface area contributed by atoms with Gasteiger partial charge in [-0.15, -0.1) is 11.3 Å². The lowest BCUT2D eigenvalue weighted by molar-refractivity contribution is 0.101. The lowest BCUT2D eigenvalue weighted by Gasteiger charge is -2.09. The van der Waals surface area contributed by atoms with E-state index in [0.717, 1.165) is 32.5 Å². The van der Waals surface area contributed by atoms with E-state index in [1.54, 1.807) is 18.5 Å². The first kappa shape index (κ1) is 20.1. The lowest BCUT2D eigenvalue weighted by atomic mass is 10.1. The highest BCUT2D eigenvalue weighted by Gasteiger charge is 2.15. The number of nitrogens with zero attached hydrogens (tertiary/aromatic N) is 4. The largest absolute Gasteiger partial charge is 0.299 e. The Balaban J connectivity index is 1.30. The molecule has 0 aliphatic rings. The normalized spacial score (nSPS) is 11.2. The average molecular weight is 464 g/mol. The second-order valence-corrected chi connectivity index (χ2v) is 8.56. The highest BCUT2D eigenvalue weighted by molar-refractivity contribution is 7.17. The molecule has 3 aromatic carbocycles. The van der Waals surface area contributed by atoms with Crippen LogP contribution in [0, 0.1) is 0 Å². The van der Waals surface area contributed by atoms with E-state index in [4.69, 9.17) is 0 Å². The van der Waals surface area contributed by atoms with Crippen molar-refractivity contribution in [2.45, 2.75) is 0 Å². The van der Waals surface area contributed by atoms with Gasteiger partial charge in [-0.05, 0) is 42.0 Å². The third kappa shape index (κ3) is 3.37. The van der Waals surface area contributed by atoms with Crippen LogP contribution in [-0.2, 0) is 0 Å². The maximum absolute atomic E-state index is 13.2. The molecule has 0 fully saturated rings. The van der Waals surface area contributed by atoms with Gasteiger partial charge in [0, 0.05) is 22.2 Å². The third-order valence-corrected chi connectivity index (χ3v) is 6.55. The van der Waals surface area contributed by atoms with Crippen molar-refractivity contribution in [1.29, 1.82) is 0 Å². The van der Waals surface area contributed by atoms with Gasteiger partial charge in [-0.1, -0.05) is 42.5 Å². The summed E-state index contributed by atoms with van der Waals surface area (Å²) in [6, 6.07) is 24.6. The molecule has 0 unspecified atom stereocenters. The van der Waals surface area contributed by atoms with Gasteiger partial charge >= 0.3 is 0 Å². The molecule has 3 aromatic heterocycles. The number of aromatic nitrogens is 4. The van der Waals surface area contributed by atoms with E-state index in [9.17, 15) is 9.59 Å². The molecule has 0 bridgehead atoms. The molecule has 3 heterocycles. The van der Waals surface area contributed by atoms with E-state index >= 15 is 0 Å². The summed E-state index contributed by atoms with van der Waals surface area (Å²) in [5.74, 6) is -0.401. The second-order valence-electron chi connectivity index (χ2n) is 7.71. The number of benzene rings is 3. The van der Waals surface area contributed by atoms with E-state index in [-0.39, 0.29) is 5.56 Å². The van der Waals surface area contributed by atoms with Gasteiger partial charge in [0.15, 0.2) is 0 Å². The molecule has 8 heteroatoms. The highest BCUT2D eigenvalue weighted by atomic mass is 32.1. The molecule has 0 radical (unpaired) electrons. The number of fused-ring (bicyclic) bond motifs is 2. The van der Waals surface area contributed by atoms with Gasteiger partial charge < -0.3 is 0 Å². The molecular formula is C26H17N5O2S. The predicted octanol–water partition coefficient (Wildman–Crippen LogP) is 4.85. The number of nitrogens with one attached hydrogen (secondary N) is 1. The third-order valence-electron chi connectivity index (χ3n) is 5.66. The first-order chi connectivity index (χ1) is 16.7. The van der Waals surface area contributed by atoms with E-state index in [1.807, 2.05) is 76.7 Å². The standard InChI is InChI=1S/C26H17N5O2S/c32-24(18-10-12-19(13-11-18)30-15-27-21-8-4-5-9-22(21)30)29-31-16-28-25-23(26(31)33)20(14-34-25)17-6-2-1-3-7-17/h1-16H,(H,29,32). The minimum atomic E-state index is -0.401. The number of thiophene rings is 1. The average Bonchev–Trinajstić information content (AvgIpc) is 3.51. The zero-order valence-electron chi connectivity index (χ0n) is 17.8. The Morgan fingerprint density at radius 3 is 2.44 bits per heavy atom. The van der Waals surface area contributed by atoms with Crippen LogP contribution < -0.4 is 11.0 Å². The number of imidazole rings is 1. The van der Waals surface area contributed by atoms with Crippen LogP contribution in [0.2, 0.25) is 0 Å². The van der Waals surface area contributed by atoms with Gasteiger partial charge in [0.05, 0.1) is 16.4 Å². The maximum atomic E-state index is 13.2. The van der Waals surface area contributed by atoms with Gasteiger partial charge in [-0.25, -0.2) is 14.6 Å². The fraction of sp³-hybridized carbons (Fsp3) is 0. The van der Waals surface area contributed by atoms with E-state index < -0.39 is 5.91 Å². The predicted molar refractivity (Wildman–Crippen MR) is 134 cm³/mol. The molecule has 0 saturated carbocycles. The Bertz CT molecular complexity index is 1720. The van der Waals surface area contributed by atoms with Crippen molar-refractivity contribution in [3.63, 3.8) is 0 Å². The Kier molecular flexibility index (Phi) is 4.78. The van der Waals surface area contributed by atoms with Crippen LogP contribution in [0.25, 0.3) is 38.1 Å². The van der Waals surface area contributed by atoms with Gasteiger partial charge in [0.25, 0.3) is 11.5 Å². The summed E-state index contributed by atoms with van der Waals surface area (Å²) in [7, 11) is 0. The molecule has 1 amide bonds. The fourth-order valence-electron chi connectivity index (χ4n) is 3.95. The number of amides is 1. The smallest absolute Gasteiger partial charge is 0.281 e. The molecule has 0 aliphatic carbocycles. The summed E-state index contributed by atoms with van der Waals surface area (Å²) < 4.78 is 3.10. The molecule has 0 atom stereocenters. The summed E-state index contributed by atoms with van der Waals surface area (Å²) in [6.45, 7) is 0. The van der Waals surface area contributed by atoms with Crippen LogP contribution >= 0.6 is 11.3 Å². The maximum Gasteiger partial charge on any atom is 0.281 e. The lowest BCUT2D eigenvalue weighted by Crippen LogP contribution is -2.33. The van der Waals surface area contributed by atoms with Crippen LogP contribution in [0.15, 0.2) is 102 Å².